The van der Waals surface area contributed by atoms with Crippen LogP contribution in [0, 0.1) is 13.8 Å². The third-order valence-corrected chi connectivity index (χ3v) is 3.45. The first kappa shape index (κ1) is 14.3. The number of amides is 1. The monoisotopic (exact) mass is 276 g/mol. The average molecular weight is 276 g/mol. The van der Waals surface area contributed by atoms with Gasteiger partial charge in [0.1, 0.15) is 5.76 Å². The zero-order valence-corrected chi connectivity index (χ0v) is 12.3. The number of hydrogen-bond acceptors (Lipinski definition) is 4. The van der Waals surface area contributed by atoms with E-state index in [2.05, 4.69) is 15.5 Å². The maximum Gasteiger partial charge on any atom is 0.234 e. The van der Waals surface area contributed by atoms with Crippen molar-refractivity contribution >= 4 is 11.9 Å². The van der Waals surface area contributed by atoms with E-state index in [0.29, 0.717) is 18.1 Å². The summed E-state index contributed by atoms with van der Waals surface area (Å²) in [5.41, 5.74) is 1.64. The van der Waals surface area contributed by atoms with Crippen LogP contribution in [0.4, 0.5) is 5.95 Å². The van der Waals surface area contributed by atoms with Crippen molar-refractivity contribution in [1.82, 2.24) is 14.7 Å². The molecule has 108 valence electrons. The van der Waals surface area contributed by atoms with E-state index in [1.54, 1.807) is 6.20 Å². The van der Waals surface area contributed by atoms with Crippen LogP contribution in [0.5, 0.6) is 0 Å². The predicted octanol–water partition coefficient (Wildman–Crippen LogP) is 2.64. The fourth-order valence-corrected chi connectivity index (χ4v) is 2.39. The molecule has 20 heavy (non-hydrogen) atoms. The lowest BCUT2D eigenvalue weighted by Crippen LogP contribution is -2.23. The highest BCUT2D eigenvalue weighted by Crippen LogP contribution is 2.27. The van der Waals surface area contributed by atoms with Crippen molar-refractivity contribution in [3.63, 3.8) is 0 Å². The molecule has 0 aliphatic carbocycles. The first-order valence-corrected chi connectivity index (χ1v) is 6.83. The first-order valence-electron chi connectivity index (χ1n) is 6.83. The molecule has 6 heteroatoms. The summed E-state index contributed by atoms with van der Waals surface area (Å²) < 4.78 is 7.04. The molecule has 0 spiro atoms. The van der Waals surface area contributed by atoms with Crippen LogP contribution >= 0.6 is 0 Å². The number of rotatable bonds is 5. The Hall–Kier alpha value is -2.11. The Morgan fingerprint density at radius 3 is 2.75 bits per heavy atom. The van der Waals surface area contributed by atoms with Crippen molar-refractivity contribution in [2.75, 3.05) is 5.32 Å². The molecule has 0 bridgehead atoms. The van der Waals surface area contributed by atoms with Crippen LogP contribution in [-0.4, -0.2) is 20.6 Å². The van der Waals surface area contributed by atoms with Gasteiger partial charge in [0.05, 0.1) is 11.6 Å². The summed E-state index contributed by atoms with van der Waals surface area (Å²) in [6.07, 6.45) is 4.20. The van der Waals surface area contributed by atoms with Gasteiger partial charge in [-0.1, -0.05) is 12.1 Å². The topological polar surface area (TPSA) is 73.0 Å². The smallest absolute Gasteiger partial charge is 0.234 e. The van der Waals surface area contributed by atoms with E-state index in [-0.39, 0.29) is 11.8 Å². The molecule has 2 aromatic rings. The maximum atomic E-state index is 12.5. The Kier molecular flexibility index (Phi) is 4.22. The Labute approximate surface area is 118 Å². The molecule has 2 heterocycles. The normalized spacial score (nSPS) is 12.4. The van der Waals surface area contributed by atoms with Crippen LogP contribution in [0.25, 0.3) is 0 Å². The lowest BCUT2D eigenvalue weighted by Gasteiger charge is -2.15. The van der Waals surface area contributed by atoms with Gasteiger partial charge in [-0.25, -0.2) is 4.98 Å². The van der Waals surface area contributed by atoms with E-state index in [0.717, 1.165) is 17.8 Å². The second kappa shape index (κ2) is 5.90. The highest BCUT2D eigenvalue weighted by atomic mass is 16.5. The number of hydrogen-bond donors (Lipinski definition) is 1. The number of aromatic nitrogens is 3. The lowest BCUT2D eigenvalue weighted by atomic mass is 9.94. The van der Waals surface area contributed by atoms with Crippen molar-refractivity contribution in [3.05, 3.63) is 29.4 Å². The Balaban J connectivity index is 2.22. The standard InChI is InChI=1S/C14H20N4O2/c1-5-11(12-9(3)17-20-10(12)4)13(19)16-14-15-7-8-18(14)6-2/h7-8,11H,5-6H2,1-4H3,(H,15,16,19). The van der Waals surface area contributed by atoms with Gasteiger partial charge in [-0.15, -0.1) is 0 Å². The van der Waals surface area contributed by atoms with Crippen LogP contribution in [0.1, 0.15) is 43.2 Å². The third kappa shape index (κ3) is 2.59. The van der Waals surface area contributed by atoms with Crippen LogP contribution in [0.2, 0.25) is 0 Å². The maximum absolute atomic E-state index is 12.5. The molecular formula is C14H20N4O2. The number of carbonyl (C=O) groups is 1. The summed E-state index contributed by atoms with van der Waals surface area (Å²) in [6.45, 7) is 8.43. The van der Waals surface area contributed by atoms with Gasteiger partial charge in [0.25, 0.3) is 0 Å². The van der Waals surface area contributed by atoms with Crippen molar-refractivity contribution in [2.24, 2.45) is 0 Å². The van der Waals surface area contributed by atoms with Crippen LogP contribution in [0.15, 0.2) is 16.9 Å². The van der Waals surface area contributed by atoms with Gasteiger partial charge in [0.15, 0.2) is 0 Å². The molecule has 2 rings (SSSR count). The molecule has 1 atom stereocenters. The van der Waals surface area contributed by atoms with Gasteiger partial charge in [0, 0.05) is 24.5 Å². The molecule has 2 aromatic heterocycles. The second-order valence-electron chi connectivity index (χ2n) is 4.72. The van der Waals surface area contributed by atoms with Crippen molar-refractivity contribution in [2.45, 2.75) is 46.6 Å². The number of anilines is 1. The number of aryl methyl sites for hydroxylation is 3. The molecule has 1 N–H and O–H groups in total. The highest BCUT2D eigenvalue weighted by Gasteiger charge is 2.26. The molecule has 0 saturated heterocycles. The van der Waals surface area contributed by atoms with E-state index in [9.17, 15) is 4.79 Å². The summed E-state index contributed by atoms with van der Waals surface area (Å²) in [6, 6.07) is 0. The molecule has 0 aliphatic heterocycles. The van der Waals surface area contributed by atoms with Crippen LogP contribution in [0.3, 0.4) is 0 Å². The largest absolute Gasteiger partial charge is 0.361 e. The minimum absolute atomic E-state index is 0.0807. The molecule has 0 radical (unpaired) electrons. The minimum Gasteiger partial charge on any atom is -0.361 e. The fraction of sp³-hybridized carbons (Fsp3) is 0.500. The Morgan fingerprint density at radius 2 is 2.20 bits per heavy atom. The fourth-order valence-electron chi connectivity index (χ4n) is 2.39. The zero-order chi connectivity index (χ0) is 14.7. The second-order valence-corrected chi connectivity index (χ2v) is 4.72. The number of imidazole rings is 1. The lowest BCUT2D eigenvalue weighted by molar-refractivity contribution is -0.117. The molecule has 1 amide bonds. The summed E-state index contributed by atoms with van der Waals surface area (Å²) in [5.74, 6) is 0.914. The van der Waals surface area contributed by atoms with Gasteiger partial charge in [-0.3, -0.25) is 10.1 Å². The van der Waals surface area contributed by atoms with E-state index >= 15 is 0 Å². The zero-order valence-electron chi connectivity index (χ0n) is 12.3. The van der Waals surface area contributed by atoms with Gasteiger partial charge < -0.3 is 9.09 Å². The van der Waals surface area contributed by atoms with E-state index in [1.165, 1.54) is 0 Å². The SMILES string of the molecule is CCC(C(=O)Nc1nccn1CC)c1c(C)noc1C. The van der Waals surface area contributed by atoms with Crippen molar-refractivity contribution < 1.29 is 9.32 Å². The van der Waals surface area contributed by atoms with Crippen LogP contribution in [-0.2, 0) is 11.3 Å². The van der Waals surface area contributed by atoms with E-state index < -0.39 is 0 Å². The molecule has 1 unspecified atom stereocenters. The third-order valence-electron chi connectivity index (χ3n) is 3.45. The quantitative estimate of drug-likeness (QED) is 0.911. The van der Waals surface area contributed by atoms with Gasteiger partial charge in [-0.2, -0.15) is 0 Å². The summed E-state index contributed by atoms with van der Waals surface area (Å²) in [5, 5.41) is 6.80. The number of nitrogens with zero attached hydrogens (tertiary/aromatic N) is 3. The van der Waals surface area contributed by atoms with E-state index in [1.807, 2.05) is 38.5 Å². The molecule has 0 aliphatic rings. The van der Waals surface area contributed by atoms with Gasteiger partial charge in [-0.05, 0) is 27.2 Å². The van der Waals surface area contributed by atoms with Gasteiger partial charge >= 0.3 is 0 Å². The molecule has 0 fully saturated rings. The van der Waals surface area contributed by atoms with Crippen molar-refractivity contribution in [1.29, 1.82) is 0 Å². The first-order chi connectivity index (χ1) is 9.58. The van der Waals surface area contributed by atoms with E-state index in [4.69, 9.17) is 4.52 Å². The molecule has 0 saturated carbocycles. The number of nitrogens with one attached hydrogen (secondary N) is 1. The molecular weight excluding hydrogens is 256 g/mol. The highest BCUT2D eigenvalue weighted by molar-refractivity contribution is 5.94. The number of carbonyl (C=O) groups excluding carboxylic acids is 1. The Bertz CT molecular complexity index is 581. The summed E-state index contributed by atoms with van der Waals surface area (Å²) in [7, 11) is 0. The summed E-state index contributed by atoms with van der Waals surface area (Å²) >= 11 is 0. The predicted molar refractivity (Wildman–Crippen MR) is 75.5 cm³/mol. The molecule has 6 nitrogen and oxygen atoms in total. The summed E-state index contributed by atoms with van der Waals surface area (Å²) in [4.78, 5) is 16.6. The average Bonchev–Trinajstić information content (AvgIpc) is 3.00. The van der Waals surface area contributed by atoms with Crippen LogP contribution < -0.4 is 5.32 Å². The molecule has 0 aromatic carbocycles. The van der Waals surface area contributed by atoms with Crippen molar-refractivity contribution in [3.8, 4) is 0 Å². The van der Waals surface area contributed by atoms with Gasteiger partial charge in [0.2, 0.25) is 11.9 Å². The minimum atomic E-state index is -0.275. The Morgan fingerprint density at radius 1 is 1.45 bits per heavy atom.